The molecule has 72 valence electrons. The van der Waals surface area contributed by atoms with Crippen molar-refractivity contribution in [3.05, 3.63) is 0 Å². The molecule has 2 atom stereocenters. The maximum Gasteiger partial charge on any atom is 0.391 e. The normalized spacial score (nSPS) is 32.0. The Morgan fingerprint density at radius 1 is 1.25 bits per heavy atom. The summed E-state index contributed by atoms with van der Waals surface area (Å²) in [4.78, 5) is 0. The molecule has 0 aliphatic heterocycles. The summed E-state index contributed by atoms with van der Waals surface area (Å²) < 4.78 is 36.7. The zero-order valence-corrected chi connectivity index (χ0v) is 8.18. The van der Waals surface area contributed by atoms with Crippen LogP contribution >= 0.6 is 22.5 Å². The van der Waals surface area contributed by atoms with Crippen LogP contribution in [-0.4, -0.2) is 11.4 Å². The van der Waals surface area contributed by atoms with Crippen molar-refractivity contribution in [2.45, 2.75) is 37.1 Å². The minimum absolute atomic E-state index is 0.0914. The van der Waals surface area contributed by atoms with Gasteiger partial charge in [-0.05, 0) is 19.3 Å². The van der Waals surface area contributed by atoms with Gasteiger partial charge in [-0.15, -0.1) is 11.7 Å². The average Bonchev–Trinajstić information content (AvgIpc) is 2.03. The van der Waals surface area contributed by atoms with E-state index in [2.05, 4.69) is 11.7 Å². The van der Waals surface area contributed by atoms with Gasteiger partial charge in [-0.3, -0.25) is 0 Å². The zero-order chi connectivity index (χ0) is 9.19. The Hall–Kier alpha value is 0.490. The lowest BCUT2D eigenvalue weighted by molar-refractivity contribution is -0.181. The summed E-state index contributed by atoms with van der Waals surface area (Å²) >= 11 is 3.95. The predicted octanol–water partition coefficient (Wildman–Crippen LogP) is 3.69. The molecule has 0 aromatic carbocycles. The molecule has 12 heavy (non-hydrogen) atoms. The van der Waals surface area contributed by atoms with E-state index in [0.717, 1.165) is 6.42 Å². The minimum atomic E-state index is -4.00. The topological polar surface area (TPSA) is 0 Å². The second-order valence-corrected chi connectivity index (χ2v) is 4.64. The molecule has 1 fully saturated rings. The molecule has 0 heterocycles. The van der Waals surface area contributed by atoms with Crippen molar-refractivity contribution in [1.29, 1.82) is 0 Å². The van der Waals surface area contributed by atoms with Crippen LogP contribution in [0.2, 0.25) is 0 Å². The third kappa shape index (κ3) is 2.76. The number of alkyl halides is 3. The van der Waals surface area contributed by atoms with Crippen LogP contribution in [0.25, 0.3) is 0 Å². The fourth-order valence-corrected chi connectivity index (χ4v) is 2.70. The molecule has 0 amide bonds. The number of rotatable bonds is 1. The zero-order valence-electron chi connectivity index (χ0n) is 6.47. The second-order valence-electron chi connectivity index (χ2n) is 3.13. The monoisotopic (exact) mass is 216 g/mol. The van der Waals surface area contributed by atoms with Crippen LogP contribution in [0, 0.1) is 5.92 Å². The van der Waals surface area contributed by atoms with E-state index in [-0.39, 0.29) is 11.7 Å². The molecule has 0 bridgehead atoms. The molecule has 0 saturated heterocycles. The van der Waals surface area contributed by atoms with Gasteiger partial charge < -0.3 is 0 Å². The van der Waals surface area contributed by atoms with Crippen molar-refractivity contribution < 1.29 is 13.2 Å². The van der Waals surface area contributed by atoms with Crippen LogP contribution in [0.1, 0.15) is 25.7 Å². The van der Waals surface area contributed by atoms with E-state index in [4.69, 9.17) is 0 Å². The van der Waals surface area contributed by atoms with Crippen molar-refractivity contribution in [2.75, 3.05) is 0 Å². The minimum Gasteiger partial charge on any atom is -0.171 e. The van der Waals surface area contributed by atoms with Gasteiger partial charge in [0.05, 0.1) is 5.92 Å². The lowest BCUT2D eigenvalue weighted by Crippen LogP contribution is -2.29. The smallest absolute Gasteiger partial charge is 0.171 e. The predicted molar refractivity (Wildman–Crippen MR) is 48.4 cm³/mol. The van der Waals surface area contributed by atoms with Gasteiger partial charge in [0.1, 0.15) is 0 Å². The molecular weight excluding hydrogens is 205 g/mol. The fraction of sp³-hybridized carbons (Fsp3) is 1.00. The van der Waals surface area contributed by atoms with Gasteiger partial charge in [0.2, 0.25) is 0 Å². The Morgan fingerprint density at radius 3 is 2.42 bits per heavy atom. The number of halogens is 3. The quantitative estimate of drug-likeness (QED) is 0.515. The van der Waals surface area contributed by atoms with Gasteiger partial charge in [0.15, 0.2) is 0 Å². The Bertz CT molecular complexity index is 146. The van der Waals surface area contributed by atoms with Gasteiger partial charge in [-0.2, -0.15) is 13.2 Å². The summed E-state index contributed by atoms with van der Waals surface area (Å²) in [5.74, 6) is -1.09. The number of hydrogen-bond donors (Lipinski definition) is 1. The molecule has 1 rings (SSSR count). The summed E-state index contributed by atoms with van der Waals surface area (Å²) in [5, 5.41) is 0.0914. The van der Waals surface area contributed by atoms with E-state index in [1.54, 1.807) is 0 Å². The van der Waals surface area contributed by atoms with Gasteiger partial charge in [0, 0.05) is 5.25 Å². The molecule has 1 saturated carbocycles. The first-order valence-corrected chi connectivity index (χ1v) is 5.84. The lowest BCUT2D eigenvalue weighted by Gasteiger charge is -2.28. The molecule has 0 aromatic rings. The highest BCUT2D eigenvalue weighted by Crippen LogP contribution is 2.41. The van der Waals surface area contributed by atoms with Crippen molar-refractivity contribution in [1.82, 2.24) is 0 Å². The van der Waals surface area contributed by atoms with E-state index >= 15 is 0 Å². The SMILES string of the molecule is FC(F)(F)[C@@H]1CCCC(SS)C1. The highest BCUT2D eigenvalue weighted by Gasteiger charge is 2.41. The van der Waals surface area contributed by atoms with Crippen LogP contribution in [0.3, 0.4) is 0 Å². The molecular formula is C7H11F3S2. The number of hydrogen-bond acceptors (Lipinski definition) is 2. The fourth-order valence-electron chi connectivity index (χ4n) is 1.54. The third-order valence-corrected chi connectivity index (χ3v) is 3.86. The van der Waals surface area contributed by atoms with E-state index in [1.807, 2.05) is 0 Å². The maximum atomic E-state index is 12.2. The molecule has 1 aliphatic rings. The highest BCUT2D eigenvalue weighted by atomic mass is 33.1. The Morgan fingerprint density at radius 2 is 1.92 bits per heavy atom. The van der Waals surface area contributed by atoms with E-state index < -0.39 is 12.1 Å². The second kappa shape index (κ2) is 4.13. The Kier molecular flexibility index (Phi) is 3.64. The van der Waals surface area contributed by atoms with Crippen LogP contribution in [0.5, 0.6) is 0 Å². The Labute approximate surface area is 79.1 Å². The van der Waals surface area contributed by atoms with Gasteiger partial charge in [-0.25, -0.2) is 0 Å². The molecule has 0 N–H and O–H groups in total. The summed E-state index contributed by atoms with van der Waals surface area (Å²) in [6.07, 6.45) is -1.89. The summed E-state index contributed by atoms with van der Waals surface area (Å²) in [5.41, 5.74) is 0. The van der Waals surface area contributed by atoms with Gasteiger partial charge >= 0.3 is 6.18 Å². The third-order valence-electron chi connectivity index (χ3n) is 2.24. The summed E-state index contributed by atoms with van der Waals surface area (Å²) in [6, 6.07) is 0. The van der Waals surface area contributed by atoms with Gasteiger partial charge in [-0.1, -0.05) is 17.2 Å². The van der Waals surface area contributed by atoms with E-state index in [0.29, 0.717) is 12.8 Å². The van der Waals surface area contributed by atoms with Crippen LogP contribution in [-0.2, 0) is 0 Å². The van der Waals surface area contributed by atoms with E-state index in [9.17, 15) is 13.2 Å². The first-order valence-electron chi connectivity index (χ1n) is 3.91. The summed E-state index contributed by atoms with van der Waals surface area (Å²) in [6.45, 7) is 0. The van der Waals surface area contributed by atoms with Crippen molar-refractivity contribution in [3.63, 3.8) is 0 Å². The largest absolute Gasteiger partial charge is 0.391 e. The van der Waals surface area contributed by atoms with Crippen molar-refractivity contribution in [3.8, 4) is 0 Å². The van der Waals surface area contributed by atoms with Crippen molar-refractivity contribution in [2.24, 2.45) is 5.92 Å². The molecule has 1 aliphatic carbocycles. The van der Waals surface area contributed by atoms with Gasteiger partial charge in [0.25, 0.3) is 0 Å². The molecule has 1 unspecified atom stereocenters. The molecule has 0 radical (unpaired) electrons. The highest BCUT2D eigenvalue weighted by molar-refractivity contribution is 8.68. The first-order chi connectivity index (χ1) is 5.54. The van der Waals surface area contributed by atoms with Crippen LogP contribution < -0.4 is 0 Å². The summed E-state index contributed by atoms with van der Waals surface area (Å²) in [7, 11) is 1.26. The molecule has 5 heteroatoms. The molecule has 0 nitrogen and oxygen atoms in total. The Balaban J connectivity index is 2.46. The van der Waals surface area contributed by atoms with Crippen LogP contribution in [0.15, 0.2) is 0 Å². The number of thiol groups is 1. The average molecular weight is 216 g/mol. The molecule has 0 aromatic heterocycles. The molecule has 0 spiro atoms. The maximum absolute atomic E-state index is 12.2. The standard InChI is InChI=1S/C7H11F3S2/c8-7(9,10)5-2-1-3-6(4-5)12-11/h5-6,11H,1-4H2/t5-,6?/m1/s1. The lowest BCUT2D eigenvalue weighted by atomic mass is 9.88. The van der Waals surface area contributed by atoms with Crippen LogP contribution in [0.4, 0.5) is 13.2 Å². The first kappa shape index (κ1) is 10.6. The van der Waals surface area contributed by atoms with Crippen molar-refractivity contribution >= 4 is 22.5 Å². The van der Waals surface area contributed by atoms with E-state index in [1.165, 1.54) is 10.8 Å².